The van der Waals surface area contributed by atoms with Crippen LogP contribution >= 0.6 is 0 Å². The number of carbonyl (C=O) groups is 3. The summed E-state index contributed by atoms with van der Waals surface area (Å²) in [6.45, 7) is 0. The highest BCUT2D eigenvalue weighted by atomic mass is 19.2. The summed E-state index contributed by atoms with van der Waals surface area (Å²) in [6.07, 6.45) is -0.550. The van der Waals surface area contributed by atoms with Crippen molar-refractivity contribution in [2.75, 3.05) is 0 Å². The number of amides is 2. The summed E-state index contributed by atoms with van der Waals surface area (Å²) in [6, 6.07) is 1.82. The fraction of sp³-hybridized carbons (Fsp3) is 0.308. The first-order valence-corrected chi connectivity index (χ1v) is 6.04. The van der Waals surface area contributed by atoms with E-state index in [2.05, 4.69) is 5.32 Å². The van der Waals surface area contributed by atoms with Crippen molar-refractivity contribution in [3.63, 3.8) is 0 Å². The largest absolute Gasteiger partial charge is 0.480 e. The first kappa shape index (κ1) is 16.5. The predicted molar refractivity (Wildman–Crippen MR) is 68.1 cm³/mol. The third-order valence-corrected chi connectivity index (χ3v) is 2.66. The lowest BCUT2D eigenvalue weighted by Crippen LogP contribution is -2.43. The van der Waals surface area contributed by atoms with Gasteiger partial charge in [0, 0.05) is 6.42 Å². The first-order valence-electron chi connectivity index (χ1n) is 6.04. The molecule has 0 aliphatic rings. The molecule has 0 radical (unpaired) electrons. The second-order valence-corrected chi connectivity index (χ2v) is 4.38. The van der Waals surface area contributed by atoms with Gasteiger partial charge >= 0.3 is 5.97 Å². The lowest BCUT2D eigenvalue weighted by atomic mass is 10.1. The summed E-state index contributed by atoms with van der Waals surface area (Å²) in [5.41, 5.74) is 5.27. The van der Waals surface area contributed by atoms with Crippen LogP contribution in [0.4, 0.5) is 8.78 Å². The van der Waals surface area contributed by atoms with Gasteiger partial charge in [0.1, 0.15) is 6.04 Å². The molecule has 1 aromatic carbocycles. The molecule has 1 rings (SSSR count). The second-order valence-electron chi connectivity index (χ2n) is 4.38. The van der Waals surface area contributed by atoms with Crippen LogP contribution in [-0.4, -0.2) is 28.9 Å². The number of nitrogens with one attached hydrogen (secondary N) is 1. The monoisotopic (exact) mass is 300 g/mol. The van der Waals surface area contributed by atoms with Gasteiger partial charge in [-0.2, -0.15) is 0 Å². The predicted octanol–water partition coefficient (Wildman–Crippen LogP) is 0.342. The maximum Gasteiger partial charge on any atom is 0.326 e. The minimum atomic E-state index is -1.40. The molecule has 0 spiro atoms. The quantitative estimate of drug-likeness (QED) is 0.674. The van der Waals surface area contributed by atoms with Crippen molar-refractivity contribution < 1.29 is 28.3 Å². The van der Waals surface area contributed by atoms with Crippen molar-refractivity contribution in [1.29, 1.82) is 0 Å². The van der Waals surface area contributed by atoms with E-state index in [9.17, 15) is 23.2 Å². The van der Waals surface area contributed by atoms with E-state index in [-0.39, 0.29) is 12.8 Å². The highest BCUT2D eigenvalue weighted by Gasteiger charge is 2.21. The number of rotatable bonds is 7. The van der Waals surface area contributed by atoms with E-state index in [0.29, 0.717) is 5.56 Å². The Morgan fingerprint density at radius 1 is 1.24 bits per heavy atom. The Hall–Kier alpha value is -2.51. The van der Waals surface area contributed by atoms with Gasteiger partial charge in [-0.1, -0.05) is 6.07 Å². The number of carboxylic acids is 1. The molecule has 0 fully saturated rings. The van der Waals surface area contributed by atoms with Crippen molar-refractivity contribution in [2.24, 2.45) is 5.73 Å². The highest BCUT2D eigenvalue weighted by Crippen LogP contribution is 2.10. The average Bonchev–Trinajstić information content (AvgIpc) is 2.38. The molecule has 21 heavy (non-hydrogen) atoms. The average molecular weight is 300 g/mol. The zero-order valence-corrected chi connectivity index (χ0v) is 10.9. The van der Waals surface area contributed by atoms with Gasteiger partial charge in [-0.15, -0.1) is 0 Å². The SMILES string of the molecule is NC(=O)C[C@@H](NC(=O)CCc1ccc(F)c(F)c1)C(=O)O. The summed E-state index contributed by atoms with van der Waals surface area (Å²) >= 11 is 0. The summed E-state index contributed by atoms with van der Waals surface area (Å²) in [4.78, 5) is 33.1. The van der Waals surface area contributed by atoms with Gasteiger partial charge in [-0.25, -0.2) is 13.6 Å². The van der Waals surface area contributed by atoms with Crippen molar-refractivity contribution in [2.45, 2.75) is 25.3 Å². The minimum Gasteiger partial charge on any atom is -0.480 e. The van der Waals surface area contributed by atoms with Gasteiger partial charge in [0.25, 0.3) is 0 Å². The van der Waals surface area contributed by atoms with Crippen LogP contribution in [0.1, 0.15) is 18.4 Å². The standard InChI is InChI=1S/C13H14F2N2O4/c14-8-3-1-7(5-9(8)15)2-4-12(19)17-10(13(20)21)6-11(16)18/h1,3,5,10H,2,4,6H2,(H2,16,18)(H,17,19)(H,20,21)/t10-/m1/s1. The Morgan fingerprint density at radius 3 is 2.43 bits per heavy atom. The molecule has 1 atom stereocenters. The van der Waals surface area contributed by atoms with Gasteiger partial charge in [0.2, 0.25) is 11.8 Å². The van der Waals surface area contributed by atoms with Crippen molar-refractivity contribution in [1.82, 2.24) is 5.32 Å². The van der Waals surface area contributed by atoms with E-state index >= 15 is 0 Å². The smallest absolute Gasteiger partial charge is 0.326 e. The zero-order chi connectivity index (χ0) is 16.0. The van der Waals surface area contributed by atoms with Gasteiger partial charge in [0.05, 0.1) is 6.42 Å². The Balaban J connectivity index is 2.54. The number of aryl methyl sites for hydroxylation is 1. The van der Waals surface area contributed by atoms with E-state index in [1.54, 1.807) is 0 Å². The van der Waals surface area contributed by atoms with Crippen LogP contribution in [0.2, 0.25) is 0 Å². The molecule has 4 N–H and O–H groups in total. The van der Waals surface area contributed by atoms with E-state index in [4.69, 9.17) is 10.8 Å². The van der Waals surface area contributed by atoms with Gasteiger partial charge < -0.3 is 16.2 Å². The van der Waals surface area contributed by atoms with E-state index < -0.39 is 41.9 Å². The topological polar surface area (TPSA) is 109 Å². The molecule has 6 nitrogen and oxygen atoms in total. The lowest BCUT2D eigenvalue weighted by Gasteiger charge is -2.12. The molecule has 2 amide bonds. The summed E-state index contributed by atoms with van der Waals surface area (Å²) < 4.78 is 25.7. The molecule has 0 heterocycles. The minimum absolute atomic E-state index is 0.103. The fourth-order valence-electron chi connectivity index (χ4n) is 1.62. The number of carbonyl (C=O) groups excluding carboxylic acids is 2. The van der Waals surface area contributed by atoms with Crippen LogP contribution in [-0.2, 0) is 20.8 Å². The number of nitrogens with two attached hydrogens (primary N) is 1. The van der Waals surface area contributed by atoms with Crippen LogP contribution < -0.4 is 11.1 Å². The molecule has 0 unspecified atom stereocenters. The molecule has 1 aromatic rings. The first-order chi connectivity index (χ1) is 9.79. The second kappa shape index (κ2) is 7.32. The van der Waals surface area contributed by atoms with Crippen LogP contribution in [0.15, 0.2) is 18.2 Å². The summed E-state index contributed by atoms with van der Waals surface area (Å²) in [7, 11) is 0. The van der Waals surface area contributed by atoms with Crippen LogP contribution in [0.3, 0.4) is 0 Å². The summed E-state index contributed by atoms with van der Waals surface area (Å²) in [5.74, 6) is -4.88. The number of benzene rings is 1. The fourth-order valence-corrected chi connectivity index (χ4v) is 1.62. The van der Waals surface area contributed by atoms with Crippen molar-refractivity contribution in [3.05, 3.63) is 35.4 Å². The van der Waals surface area contributed by atoms with E-state index in [1.807, 2.05) is 0 Å². The molecule has 8 heteroatoms. The maximum atomic E-state index is 13.0. The molecular weight excluding hydrogens is 286 g/mol. The number of aliphatic carboxylic acids is 1. The molecule has 0 saturated carbocycles. The Kier molecular flexibility index (Phi) is 5.77. The highest BCUT2D eigenvalue weighted by molar-refractivity contribution is 5.88. The van der Waals surface area contributed by atoms with Crippen LogP contribution in [0, 0.1) is 11.6 Å². The Bertz CT molecular complexity index is 563. The molecule has 0 aliphatic carbocycles. The number of primary amides is 1. The van der Waals surface area contributed by atoms with E-state index in [1.165, 1.54) is 6.07 Å². The molecule has 114 valence electrons. The summed E-state index contributed by atoms with van der Waals surface area (Å²) in [5, 5.41) is 10.9. The van der Waals surface area contributed by atoms with Gasteiger partial charge in [0.15, 0.2) is 11.6 Å². The third-order valence-electron chi connectivity index (χ3n) is 2.66. The number of hydrogen-bond acceptors (Lipinski definition) is 3. The number of halogens is 2. The molecule has 0 saturated heterocycles. The third kappa shape index (κ3) is 5.55. The van der Waals surface area contributed by atoms with Gasteiger partial charge in [-0.3, -0.25) is 9.59 Å². The van der Waals surface area contributed by atoms with E-state index in [0.717, 1.165) is 12.1 Å². The molecule has 0 bridgehead atoms. The zero-order valence-electron chi connectivity index (χ0n) is 10.9. The number of carboxylic acid groups (broad SMARTS) is 1. The van der Waals surface area contributed by atoms with Crippen molar-refractivity contribution >= 4 is 17.8 Å². The van der Waals surface area contributed by atoms with Crippen LogP contribution in [0.25, 0.3) is 0 Å². The van der Waals surface area contributed by atoms with Gasteiger partial charge in [-0.05, 0) is 24.1 Å². The normalized spacial score (nSPS) is 11.7. The van der Waals surface area contributed by atoms with Crippen molar-refractivity contribution in [3.8, 4) is 0 Å². The molecule has 0 aliphatic heterocycles. The molecular formula is C13H14F2N2O4. The molecule has 0 aromatic heterocycles. The maximum absolute atomic E-state index is 13.0. The Morgan fingerprint density at radius 2 is 1.90 bits per heavy atom. The number of hydrogen-bond donors (Lipinski definition) is 3. The van der Waals surface area contributed by atoms with Crippen LogP contribution in [0.5, 0.6) is 0 Å². The Labute approximate surface area is 118 Å². The lowest BCUT2D eigenvalue weighted by molar-refractivity contribution is -0.143.